The van der Waals surface area contributed by atoms with Gasteiger partial charge < -0.3 is 5.32 Å². The van der Waals surface area contributed by atoms with Gasteiger partial charge in [0, 0.05) is 4.88 Å². The van der Waals surface area contributed by atoms with Crippen LogP contribution in [0.5, 0.6) is 0 Å². The van der Waals surface area contributed by atoms with E-state index in [1.807, 2.05) is 44.2 Å². The van der Waals surface area contributed by atoms with Gasteiger partial charge in [0.15, 0.2) is 5.13 Å². The Kier molecular flexibility index (Phi) is 4.49. The molecular weight excluding hydrogens is 270 g/mol. The summed E-state index contributed by atoms with van der Waals surface area (Å²) in [5.41, 5.74) is 1.88. The smallest absolute Gasteiger partial charge is 0.243 e. The van der Waals surface area contributed by atoms with E-state index < -0.39 is 5.92 Å². The van der Waals surface area contributed by atoms with Gasteiger partial charge in [-0.05, 0) is 25.8 Å². The molecule has 0 saturated heterocycles. The van der Waals surface area contributed by atoms with Gasteiger partial charge in [-0.3, -0.25) is 4.79 Å². The molecule has 1 aromatic carbocycles. The molecule has 5 heteroatoms. The number of nitriles is 1. The highest BCUT2D eigenvalue weighted by atomic mass is 32.1. The maximum atomic E-state index is 12.1. The first kappa shape index (κ1) is 14.2. The minimum absolute atomic E-state index is 0.301. The van der Waals surface area contributed by atoms with Gasteiger partial charge in [0.1, 0.15) is 5.92 Å². The summed E-state index contributed by atoms with van der Waals surface area (Å²) in [5.74, 6) is -1.01. The van der Waals surface area contributed by atoms with Crippen molar-refractivity contribution in [2.75, 3.05) is 5.32 Å². The highest BCUT2D eigenvalue weighted by Gasteiger charge is 2.19. The number of hydrogen-bond acceptors (Lipinski definition) is 4. The van der Waals surface area contributed by atoms with Crippen LogP contribution >= 0.6 is 11.3 Å². The molecule has 0 radical (unpaired) electrons. The number of carbonyl (C=O) groups is 1. The SMILES string of the molecule is Cc1nc(NC(=O)C(C#N)Cc2ccccc2)sc1C. The fraction of sp³-hybridized carbons (Fsp3) is 0.267. The number of aryl methyl sites for hydroxylation is 2. The highest BCUT2D eigenvalue weighted by molar-refractivity contribution is 7.15. The quantitative estimate of drug-likeness (QED) is 0.938. The summed E-state index contributed by atoms with van der Waals surface area (Å²) in [5, 5.41) is 12.4. The molecular formula is C15H15N3OS. The Morgan fingerprint density at radius 3 is 2.65 bits per heavy atom. The first-order valence-corrected chi connectivity index (χ1v) is 7.10. The van der Waals surface area contributed by atoms with Crippen molar-refractivity contribution in [1.82, 2.24) is 4.98 Å². The summed E-state index contributed by atoms with van der Waals surface area (Å²) >= 11 is 1.42. The molecule has 0 aliphatic heterocycles. The van der Waals surface area contributed by atoms with Crippen LogP contribution in [0.4, 0.5) is 5.13 Å². The lowest BCUT2D eigenvalue weighted by atomic mass is 10.00. The maximum Gasteiger partial charge on any atom is 0.243 e. The lowest BCUT2D eigenvalue weighted by molar-refractivity contribution is -0.118. The van der Waals surface area contributed by atoms with E-state index in [0.717, 1.165) is 16.1 Å². The van der Waals surface area contributed by atoms with E-state index in [1.54, 1.807) is 0 Å². The van der Waals surface area contributed by atoms with E-state index in [1.165, 1.54) is 11.3 Å². The van der Waals surface area contributed by atoms with Crippen molar-refractivity contribution in [2.45, 2.75) is 20.3 Å². The second-order valence-electron chi connectivity index (χ2n) is 4.52. The Balaban J connectivity index is 2.04. The highest BCUT2D eigenvalue weighted by Crippen LogP contribution is 2.22. The standard InChI is InChI=1S/C15H15N3OS/c1-10-11(2)20-15(17-10)18-14(19)13(9-16)8-12-6-4-3-5-7-12/h3-7,13H,8H2,1-2H3,(H,17,18,19). The Bertz CT molecular complexity index is 623. The molecule has 0 spiro atoms. The number of carbonyl (C=O) groups excluding carboxylic acids is 1. The van der Waals surface area contributed by atoms with Gasteiger partial charge in [0.05, 0.1) is 11.8 Å². The second-order valence-corrected chi connectivity index (χ2v) is 5.72. The van der Waals surface area contributed by atoms with Crippen molar-refractivity contribution < 1.29 is 4.79 Å². The van der Waals surface area contributed by atoms with Crippen molar-refractivity contribution in [1.29, 1.82) is 5.26 Å². The molecule has 1 heterocycles. The Morgan fingerprint density at radius 2 is 2.10 bits per heavy atom. The Labute approximate surface area is 122 Å². The van der Waals surface area contributed by atoms with Gasteiger partial charge in [0.2, 0.25) is 5.91 Å². The molecule has 1 N–H and O–H groups in total. The zero-order valence-electron chi connectivity index (χ0n) is 11.4. The van der Waals surface area contributed by atoms with Crippen LogP contribution in [-0.4, -0.2) is 10.9 Å². The predicted octanol–water partition coefficient (Wildman–Crippen LogP) is 3.08. The average Bonchev–Trinajstić information content (AvgIpc) is 2.75. The van der Waals surface area contributed by atoms with Crippen molar-refractivity contribution in [3.63, 3.8) is 0 Å². The van der Waals surface area contributed by atoms with Crippen LogP contribution in [0, 0.1) is 31.1 Å². The Hall–Kier alpha value is -2.19. The van der Waals surface area contributed by atoms with Gasteiger partial charge in [-0.15, -0.1) is 11.3 Å². The summed E-state index contributed by atoms with van der Waals surface area (Å²) in [6, 6.07) is 11.6. The van der Waals surface area contributed by atoms with E-state index in [4.69, 9.17) is 5.26 Å². The molecule has 1 atom stereocenters. The fourth-order valence-corrected chi connectivity index (χ4v) is 2.58. The van der Waals surface area contributed by atoms with Crippen molar-refractivity contribution >= 4 is 22.4 Å². The molecule has 1 unspecified atom stereocenters. The van der Waals surface area contributed by atoms with E-state index >= 15 is 0 Å². The third-order valence-electron chi connectivity index (χ3n) is 3.01. The fourth-order valence-electron chi connectivity index (χ4n) is 1.77. The van der Waals surface area contributed by atoms with Crippen LogP contribution in [0.3, 0.4) is 0 Å². The molecule has 102 valence electrons. The van der Waals surface area contributed by atoms with Crippen LogP contribution in [0.2, 0.25) is 0 Å². The summed E-state index contributed by atoms with van der Waals surface area (Å²) < 4.78 is 0. The number of amides is 1. The zero-order valence-corrected chi connectivity index (χ0v) is 12.2. The minimum Gasteiger partial charge on any atom is -0.301 e. The largest absolute Gasteiger partial charge is 0.301 e. The van der Waals surface area contributed by atoms with Gasteiger partial charge in [-0.2, -0.15) is 5.26 Å². The van der Waals surface area contributed by atoms with Gasteiger partial charge >= 0.3 is 0 Å². The third-order valence-corrected chi connectivity index (χ3v) is 4.00. The lowest BCUT2D eigenvalue weighted by Crippen LogP contribution is -2.23. The summed E-state index contributed by atoms with van der Waals surface area (Å²) in [4.78, 5) is 17.4. The molecule has 0 saturated carbocycles. The number of benzene rings is 1. The molecule has 2 aromatic rings. The summed E-state index contributed by atoms with van der Waals surface area (Å²) in [7, 11) is 0. The number of thiazole rings is 1. The lowest BCUT2D eigenvalue weighted by Gasteiger charge is -2.08. The van der Waals surface area contributed by atoms with Crippen LogP contribution in [-0.2, 0) is 11.2 Å². The van der Waals surface area contributed by atoms with Gasteiger partial charge in [-0.1, -0.05) is 30.3 Å². The summed E-state index contributed by atoms with van der Waals surface area (Å²) in [6.45, 7) is 3.85. The number of nitrogens with zero attached hydrogens (tertiary/aromatic N) is 2. The summed E-state index contributed by atoms with van der Waals surface area (Å²) in [6.07, 6.45) is 0.409. The number of anilines is 1. The van der Waals surface area contributed by atoms with Crippen molar-refractivity contribution in [3.05, 3.63) is 46.5 Å². The van der Waals surface area contributed by atoms with E-state index in [-0.39, 0.29) is 5.91 Å². The van der Waals surface area contributed by atoms with Crippen LogP contribution in [0.25, 0.3) is 0 Å². The van der Waals surface area contributed by atoms with E-state index in [2.05, 4.69) is 16.4 Å². The zero-order chi connectivity index (χ0) is 14.5. The molecule has 1 amide bonds. The van der Waals surface area contributed by atoms with Gasteiger partial charge in [-0.25, -0.2) is 4.98 Å². The number of aromatic nitrogens is 1. The molecule has 1 aromatic heterocycles. The van der Waals surface area contributed by atoms with Crippen LogP contribution in [0.1, 0.15) is 16.1 Å². The molecule has 2 rings (SSSR count). The number of rotatable bonds is 4. The minimum atomic E-state index is -0.707. The molecule has 0 fully saturated rings. The average molecular weight is 285 g/mol. The molecule has 0 aliphatic rings. The Morgan fingerprint density at radius 1 is 1.40 bits per heavy atom. The van der Waals surface area contributed by atoms with Crippen LogP contribution in [0.15, 0.2) is 30.3 Å². The topological polar surface area (TPSA) is 65.8 Å². The van der Waals surface area contributed by atoms with Crippen LogP contribution < -0.4 is 5.32 Å². The number of hydrogen-bond donors (Lipinski definition) is 1. The van der Waals surface area contributed by atoms with Crippen molar-refractivity contribution in [3.8, 4) is 6.07 Å². The molecule has 0 bridgehead atoms. The van der Waals surface area contributed by atoms with E-state index in [9.17, 15) is 4.79 Å². The maximum absolute atomic E-state index is 12.1. The number of nitrogens with one attached hydrogen (secondary N) is 1. The second kappa shape index (κ2) is 6.31. The molecule has 0 aliphatic carbocycles. The monoisotopic (exact) mass is 285 g/mol. The molecule has 4 nitrogen and oxygen atoms in total. The predicted molar refractivity (Wildman–Crippen MR) is 79.5 cm³/mol. The first-order valence-electron chi connectivity index (χ1n) is 6.28. The van der Waals surface area contributed by atoms with Crippen molar-refractivity contribution in [2.24, 2.45) is 5.92 Å². The third kappa shape index (κ3) is 3.43. The molecule has 20 heavy (non-hydrogen) atoms. The van der Waals surface area contributed by atoms with E-state index in [0.29, 0.717) is 11.6 Å². The normalized spacial score (nSPS) is 11.7. The first-order chi connectivity index (χ1) is 9.60. The van der Waals surface area contributed by atoms with Gasteiger partial charge in [0.25, 0.3) is 0 Å².